The molecule has 0 amide bonds. The highest BCUT2D eigenvalue weighted by Crippen LogP contribution is 2.26. The van der Waals surface area contributed by atoms with E-state index in [4.69, 9.17) is 16.6 Å². The first kappa shape index (κ1) is 22.5. The molecule has 4 rings (SSSR count). The van der Waals surface area contributed by atoms with E-state index in [0.717, 1.165) is 49.5 Å². The van der Waals surface area contributed by atoms with Gasteiger partial charge in [-0.15, -0.1) is 0 Å². The number of fused-ring (bicyclic) bond motifs is 1. The number of allylic oxidation sites excluding steroid dienone is 1. The predicted molar refractivity (Wildman–Crippen MR) is 131 cm³/mol. The van der Waals surface area contributed by atoms with Crippen molar-refractivity contribution in [1.29, 1.82) is 0 Å². The van der Waals surface area contributed by atoms with Gasteiger partial charge >= 0.3 is 0 Å². The lowest BCUT2D eigenvalue weighted by Gasteiger charge is -2.35. The van der Waals surface area contributed by atoms with Crippen LogP contribution >= 0.6 is 11.6 Å². The summed E-state index contributed by atoms with van der Waals surface area (Å²) in [5.74, 6) is 0.0595. The van der Waals surface area contributed by atoms with E-state index < -0.39 is 0 Å². The summed E-state index contributed by atoms with van der Waals surface area (Å²) < 4.78 is 1.84. The molecular weight excluding hydrogens is 422 g/mol. The van der Waals surface area contributed by atoms with Crippen molar-refractivity contribution in [2.24, 2.45) is 0 Å². The standard InChI is InChI=1S/C25H30ClN5O/c1-5-23(32)21(22-15-31-16-24(26)27-18(4)25(31)28-22)14-19-7-8-20(13-17(19)3)30-11-9-29(6-2)10-12-30/h7-8,13-16H,5-6,9-12H2,1-4H3/b21-14-. The molecule has 0 radical (unpaired) electrons. The van der Waals surface area contributed by atoms with Crippen molar-refractivity contribution in [1.82, 2.24) is 19.3 Å². The molecule has 0 spiro atoms. The highest BCUT2D eigenvalue weighted by molar-refractivity contribution is 6.29. The monoisotopic (exact) mass is 451 g/mol. The van der Waals surface area contributed by atoms with Gasteiger partial charge in [0.2, 0.25) is 0 Å². The van der Waals surface area contributed by atoms with E-state index in [1.165, 1.54) is 5.69 Å². The van der Waals surface area contributed by atoms with Gasteiger partial charge in [0.05, 0.1) is 11.4 Å². The zero-order chi connectivity index (χ0) is 22.8. The average molecular weight is 452 g/mol. The molecule has 0 atom stereocenters. The Morgan fingerprint density at radius 2 is 1.84 bits per heavy atom. The van der Waals surface area contributed by atoms with Gasteiger partial charge in [-0.3, -0.25) is 4.79 Å². The summed E-state index contributed by atoms with van der Waals surface area (Å²) in [6.07, 6.45) is 5.95. The highest BCUT2D eigenvalue weighted by atomic mass is 35.5. The van der Waals surface area contributed by atoms with Gasteiger partial charge < -0.3 is 14.2 Å². The Bertz CT molecular complexity index is 1170. The summed E-state index contributed by atoms with van der Waals surface area (Å²) in [4.78, 5) is 26.7. The summed E-state index contributed by atoms with van der Waals surface area (Å²) in [7, 11) is 0. The van der Waals surface area contributed by atoms with Crippen LogP contribution < -0.4 is 4.90 Å². The van der Waals surface area contributed by atoms with Crippen LogP contribution in [0.4, 0.5) is 5.69 Å². The SMILES string of the molecule is CCC(=O)/C(=C\c1ccc(N2CCN(CC)CC2)cc1C)c1cn2cc(Cl)nc(C)c2n1. The molecule has 6 nitrogen and oxygen atoms in total. The van der Waals surface area contributed by atoms with Crippen LogP contribution in [0.3, 0.4) is 0 Å². The molecule has 0 saturated carbocycles. The molecule has 0 aliphatic carbocycles. The third kappa shape index (κ3) is 4.57. The van der Waals surface area contributed by atoms with Gasteiger partial charge in [-0.05, 0) is 49.7 Å². The number of rotatable bonds is 6. The predicted octanol–water partition coefficient (Wildman–Crippen LogP) is 4.66. The maximum absolute atomic E-state index is 12.9. The maximum Gasteiger partial charge on any atom is 0.164 e. The van der Waals surface area contributed by atoms with Crippen LogP contribution in [0.25, 0.3) is 17.3 Å². The van der Waals surface area contributed by atoms with Crippen molar-refractivity contribution in [3.63, 3.8) is 0 Å². The van der Waals surface area contributed by atoms with Gasteiger partial charge in [0.25, 0.3) is 0 Å². The first-order valence-electron chi connectivity index (χ1n) is 11.2. The molecule has 0 bridgehead atoms. The maximum atomic E-state index is 12.9. The third-order valence-electron chi connectivity index (χ3n) is 6.21. The van der Waals surface area contributed by atoms with Gasteiger partial charge in [0, 0.05) is 56.3 Å². The molecule has 1 fully saturated rings. The number of nitrogens with zero attached hydrogens (tertiary/aromatic N) is 5. The van der Waals surface area contributed by atoms with E-state index in [1.54, 1.807) is 6.20 Å². The summed E-state index contributed by atoms with van der Waals surface area (Å²) in [6, 6.07) is 6.49. The zero-order valence-corrected chi connectivity index (χ0v) is 20.0. The van der Waals surface area contributed by atoms with Gasteiger partial charge in [-0.2, -0.15) is 0 Å². The number of benzene rings is 1. The summed E-state index contributed by atoms with van der Waals surface area (Å²) in [5, 5.41) is 0.400. The second kappa shape index (κ2) is 9.43. The number of piperazine rings is 1. The second-order valence-electron chi connectivity index (χ2n) is 8.30. The van der Waals surface area contributed by atoms with Crippen molar-refractivity contribution in [2.45, 2.75) is 34.1 Å². The minimum absolute atomic E-state index is 0.0595. The van der Waals surface area contributed by atoms with Crippen molar-refractivity contribution in [2.75, 3.05) is 37.6 Å². The fourth-order valence-corrected chi connectivity index (χ4v) is 4.46. The molecule has 0 N–H and O–H groups in total. The lowest BCUT2D eigenvalue weighted by atomic mass is 9.99. The lowest BCUT2D eigenvalue weighted by Crippen LogP contribution is -2.46. The highest BCUT2D eigenvalue weighted by Gasteiger charge is 2.18. The lowest BCUT2D eigenvalue weighted by molar-refractivity contribution is -0.113. The fourth-order valence-electron chi connectivity index (χ4n) is 4.23. The second-order valence-corrected chi connectivity index (χ2v) is 8.69. The third-order valence-corrected chi connectivity index (χ3v) is 6.39. The quantitative estimate of drug-likeness (QED) is 0.510. The smallest absolute Gasteiger partial charge is 0.164 e. The van der Waals surface area contributed by atoms with E-state index in [2.05, 4.69) is 46.8 Å². The molecule has 0 unspecified atom stereocenters. The Labute approximate surface area is 194 Å². The number of hydrogen-bond donors (Lipinski definition) is 0. The van der Waals surface area contributed by atoms with E-state index in [0.29, 0.717) is 28.5 Å². The van der Waals surface area contributed by atoms with Crippen LogP contribution in [0.1, 0.15) is 42.8 Å². The zero-order valence-electron chi connectivity index (χ0n) is 19.2. The Morgan fingerprint density at radius 1 is 1.09 bits per heavy atom. The number of aromatic nitrogens is 3. The molecular formula is C25H30ClN5O. The van der Waals surface area contributed by atoms with Crippen LogP contribution in [-0.4, -0.2) is 57.8 Å². The number of ketones is 1. The molecule has 1 aliphatic heterocycles. The Balaban J connectivity index is 1.67. The fraction of sp³-hybridized carbons (Fsp3) is 0.400. The van der Waals surface area contributed by atoms with Crippen LogP contribution in [-0.2, 0) is 4.79 Å². The number of carbonyl (C=O) groups excluding carboxylic acids is 1. The first-order valence-corrected chi connectivity index (χ1v) is 11.6. The van der Waals surface area contributed by atoms with E-state index in [1.807, 2.05) is 30.5 Å². The largest absolute Gasteiger partial charge is 0.369 e. The summed E-state index contributed by atoms with van der Waals surface area (Å²) >= 11 is 6.10. The Hall–Kier alpha value is -2.70. The van der Waals surface area contributed by atoms with Gasteiger partial charge in [-0.1, -0.05) is 31.5 Å². The molecule has 3 aromatic rings. The Kier molecular flexibility index (Phi) is 6.63. The molecule has 2 aromatic heterocycles. The normalized spacial score (nSPS) is 15.5. The number of hydrogen-bond acceptors (Lipinski definition) is 5. The van der Waals surface area contributed by atoms with Crippen molar-refractivity contribution < 1.29 is 4.79 Å². The van der Waals surface area contributed by atoms with Crippen LogP contribution in [0, 0.1) is 13.8 Å². The summed E-state index contributed by atoms with van der Waals surface area (Å²) in [5.41, 5.74) is 6.10. The molecule has 32 heavy (non-hydrogen) atoms. The van der Waals surface area contributed by atoms with Crippen molar-refractivity contribution in [3.8, 4) is 0 Å². The van der Waals surface area contributed by atoms with Crippen LogP contribution in [0.5, 0.6) is 0 Å². The van der Waals surface area contributed by atoms with E-state index in [-0.39, 0.29) is 5.78 Å². The van der Waals surface area contributed by atoms with E-state index >= 15 is 0 Å². The number of anilines is 1. The van der Waals surface area contributed by atoms with Crippen LogP contribution in [0.2, 0.25) is 5.15 Å². The molecule has 1 saturated heterocycles. The molecule has 3 heterocycles. The topological polar surface area (TPSA) is 53.7 Å². The summed E-state index contributed by atoms with van der Waals surface area (Å²) in [6.45, 7) is 13.4. The molecule has 1 aromatic carbocycles. The number of halogens is 1. The van der Waals surface area contributed by atoms with E-state index in [9.17, 15) is 4.79 Å². The molecule has 1 aliphatic rings. The van der Waals surface area contributed by atoms with Gasteiger partial charge in [0.15, 0.2) is 11.4 Å². The Morgan fingerprint density at radius 3 is 2.50 bits per heavy atom. The minimum Gasteiger partial charge on any atom is -0.369 e. The number of aryl methyl sites for hydroxylation is 2. The first-order chi connectivity index (χ1) is 15.4. The van der Waals surface area contributed by atoms with Gasteiger partial charge in [-0.25, -0.2) is 9.97 Å². The molecule has 7 heteroatoms. The molecule has 168 valence electrons. The number of imidazole rings is 1. The van der Waals surface area contributed by atoms with Crippen molar-refractivity contribution in [3.05, 3.63) is 58.3 Å². The number of carbonyl (C=O) groups is 1. The average Bonchev–Trinajstić information content (AvgIpc) is 3.22. The number of Topliss-reactive ketones (excluding diaryl/α,β-unsaturated/α-hetero) is 1. The van der Waals surface area contributed by atoms with Crippen LogP contribution in [0.15, 0.2) is 30.6 Å². The number of likely N-dealkylation sites (N-methyl/N-ethyl adjacent to an activating group) is 1. The van der Waals surface area contributed by atoms with Crippen molar-refractivity contribution >= 4 is 40.4 Å². The minimum atomic E-state index is 0.0595. The van der Waals surface area contributed by atoms with Gasteiger partial charge in [0.1, 0.15) is 5.15 Å².